The van der Waals surface area contributed by atoms with Gasteiger partial charge in [0.15, 0.2) is 0 Å². The van der Waals surface area contributed by atoms with E-state index in [9.17, 15) is 0 Å². The van der Waals surface area contributed by atoms with Gasteiger partial charge in [-0.2, -0.15) is 0 Å². The first-order valence-electron chi connectivity index (χ1n) is 6.57. The maximum Gasteiger partial charge on any atom is 0.0727 e. The van der Waals surface area contributed by atoms with E-state index in [1.807, 2.05) is 0 Å². The Bertz CT molecular complexity index is 364. The highest BCUT2D eigenvalue weighted by atomic mass is 79.9. The van der Waals surface area contributed by atoms with Crippen molar-refractivity contribution in [1.82, 2.24) is 5.32 Å². The molecule has 0 radical (unpaired) electrons. The third kappa shape index (κ3) is 5.98. The lowest BCUT2D eigenvalue weighted by Gasteiger charge is -2.11. The number of hydrogen-bond donors (Lipinski definition) is 1. The Balaban J connectivity index is 2.51. The first kappa shape index (κ1) is 15.7. The molecule has 0 aromatic heterocycles. The molecule has 0 bridgehead atoms. The van der Waals surface area contributed by atoms with Crippen LogP contribution in [0.3, 0.4) is 0 Å². The molecule has 0 saturated heterocycles. The minimum Gasteiger partial charge on any atom is -0.376 e. The first-order valence-corrected chi connectivity index (χ1v) is 7.36. The zero-order valence-corrected chi connectivity index (χ0v) is 13.4. The molecule has 1 aromatic carbocycles. The van der Waals surface area contributed by atoms with Crippen molar-refractivity contribution < 1.29 is 4.74 Å². The summed E-state index contributed by atoms with van der Waals surface area (Å²) in [6.07, 6.45) is 0. The Morgan fingerprint density at radius 2 is 1.94 bits per heavy atom. The average molecular weight is 314 g/mol. The maximum absolute atomic E-state index is 5.65. The van der Waals surface area contributed by atoms with E-state index in [2.05, 4.69) is 67.1 Å². The smallest absolute Gasteiger partial charge is 0.0727 e. The van der Waals surface area contributed by atoms with Crippen LogP contribution in [0.1, 0.15) is 38.8 Å². The lowest BCUT2D eigenvalue weighted by molar-refractivity contribution is 0.0967. The van der Waals surface area contributed by atoms with Crippen molar-refractivity contribution in [2.45, 2.75) is 46.9 Å². The molecule has 1 N–H and O–H groups in total. The molecule has 1 aromatic rings. The van der Waals surface area contributed by atoms with Crippen molar-refractivity contribution in [3.05, 3.63) is 33.8 Å². The molecule has 0 heterocycles. The van der Waals surface area contributed by atoms with Crippen molar-refractivity contribution in [1.29, 1.82) is 0 Å². The van der Waals surface area contributed by atoms with Gasteiger partial charge in [0.05, 0.1) is 6.61 Å². The van der Waals surface area contributed by atoms with Gasteiger partial charge in [-0.05, 0) is 23.1 Å². The largest absolute Gasteiger partial charge is 0.376 e. The Hall–Kier alpha value is -0.380. The lowest BCUT2D eigenvalue weighted by atomic mass is 10.1. The number of benzene rings is 1. The maximum atomic E-state index is 5.65. The summed E-state index contributed by atoms with van der Waals surface area (Å²) in [6.45, 7) is 11.0. The molecule has 0 atom stereocenters. The monoisotopic (exact) mass is 313 g/mol. The average Bonchev–Trinajstić information content (AvgIpc) is 2.28. The summed E-state index contributed by atoms with van der Waals surface area (Å²) in [5.74, 6) is 0.582. The molecular formula is C15H24BrNO. The van der Waals surface area contributed by atoms with Crippen LogP contribution in [-0.2, 0) is 17.9 Å². The Kier molecular flexibility index (Phi) is 6.90. The van der Waals surface area contributed by atoms with E-state index < -0.39 is 0 Å². The number of ether oxygens (including phenoxy) is 1. The van der Waals surface area contributed by atoms with Gasteiger partial charge in [0.2, 0.25) is 0 Å². The molecule has 2 nitrogen and oxygen atoms in total. The van der Waals surface area contributed by atoms with E-state index in [-0.39, 0.29) is 0 Å². The highest BCUT2D eigenvalue weighted by molar-refractivity contribution is 9.10. The quantitative estimate of drug-likeness (QED) is 0.817. The minimum atomic E-state index is 0.512. The van der Waals surface area contributed by atoms with Crippen LogP contribution in [-0.4, -0.2) is 12.6 Å². The summed E-state index contributed by atoms with van der Waals surface area (Å²) in [5, 5.41) is 3.41. The molecule has 0 unspecified atom stereocenters. The number of nitrogens with one attached hydrogen (secondary N) is 1. The van der Waals surface area contributed by atoms with Gasteiger partial charge >= 0.3 is 0 Å². The van der Waals surface area contributed by atoms with Gasteiger partial charge in [-0.15, -0.1) is 0 Å². The van der Waals surface area contributed by atoms with E-state index in [1.165, 1.54) is 11.1 Å². The molecule has 0 saturated carbocycles. The molecule has 0 aliphatic rings. The van der Waals surface area contributed by atoms with Crippen LogP contribution >= 0.6 is 15.9 Å². The second-order valence-corrected chi connectivity index (χ2v) is 6.22. The SMILES string of the molecule is CC(C)COCc1ccc(CNC(C)C)cc1Br. The first-order chi connectivity index (χ1) is 8.49. The van der Waals surface area contributed by atoms with Crippen LogP contribution in [0.15, 0.2) is 22.7 Å². The van der Waals surface area contributed by atoms with Crippen LogP contribution in [0.5, 0.6) is 0 Å². The summed E-state index contributed by atoms with van der Waals surface area (Å²) in [5.41, 5.74) is 2.51. The van der Waals surface area contributed by atoms with Gasteiger partial charge in [0.1, 0.15) is 0 Å². The predicted octanol–water partition coefficient (Wildman–Crippen LogP) is 4.12. The molecule has 3 heteroatoms. The Labute approximate surface area is 119 Å². The molecule has 0 fully saturated rings. The topological polar surface area (TPSA) is 21.3 Å². The molecule has 0 spiro atoms. The lowest BCUT2D eigenvalue weighted by Crippen LogP contribution is -2.21. The molecule has 0 aliphatic carbocycles. The van der Waals surface area contributed by atoms with Crippen LogP contribution in [0.4, 0.5) is 0 Å². The Morgan fingerprint density at radius 3 is 2.50 bits per heavy atom. The van der Waals surface area contributed by atoms with E-state index in [0.717, 1.165) is 17.6 Å². The number of rotatable bonds is 7. The van der Waals surface area contributed by atoms with Crippen LogP contribution in [0.25, 0.3) is 0 Å². The van der Waals surface area contributed by atoms with Crippen molar-refractivity contribution in [3.63, 3.8) is 0 Å². The van der Waals surface area contributed by atoms with Crippen LogP contribution in [0.2, 0.25) is 0 Å². The summed E-state index contributed by atoms with van der Waals surface area (Å²) in [7, 11) is 0. The third-order valence-corrected chi connectivity index (χ3v) is 3.28. The molecule has 0 amide bonds. The van der Waals surface area contributed by atoms with Crippen LogP contribution in [0, 0.1) is 5.92 Å². The predicted molar refractivity (Wildman–Crippen MR) is 80.6 cm³/mol. The molecule has 18 heavy (non-hydrogen) atoms. The van der Waals surface area contributed by atoms with Gasteiger partial charge in [-0.3, -0.25) is 0 Å². The fourth-order valence-electron chi connectivity index (χ4n) is 1.54. The van der Waals surface area contributed by atoms with Crippen molar-refractivity contribution >= 4 is 15.9 Å². The van der Waals surface area contributed by atoms with Gasteiger partial charge in [0, 0.05) is 23.7 Å². The number of hydrogen-bond acceptors (Lipinski definition) is 2. The van der Waals surface area contributed by atoms with Crippen molar-refractivity contribution in [2.24, 2.45) is 5.92 Å². The highest BCUT2D eigenvalue weighted by Crippen LogP contribution is 2.20. The van der Waals surface area contributed by atoms with Crippen LogP contribution < -0.4 is 5.32 Å². The zero-order chi connectivity index (χ0) is 13.5. The molecule has 1 rings (SSSR count). The van der Waals surface area contributed by atoms with E-state index in [4.69, 9.17) is 4.74 Å². The van der Waals surface area contributed by atoms with Crippen molar-refractivity contribution in [2.75, 3.05) is 6.61 Å². The van der Waals surface area contributed by atoms with Gasteiger partial charge < -0.3 is 10.1 Å². The van der Waals surface area contributed by atoms with Gasteiger partial charge in [-0.25, -0.2) is 0 Å². The van der Waals surface area contributed by atoms with E-state index in [1.54, 1.807) is 0 Å². The fourth-order valence-corrected chi connectivity index (χ4v) is 2.09. The zero-order valence-electron chi connectivity index (χ0n) is 11.8. The van der Waals surface area contributed by atoms with Gasteiger partial charge in [0.25, 0.3) is 0 Å². The number of halogens is 1. The van der Waals surface area contributed by atoms with E-state index in [0.29, 0.717) is 18.6 Å². The second-order valence-electron chi connectivity index (χ2n) is 5.37. The summed E-state index contributed by atoms with van der Waals surface area (Å²) < 4.78 is 6.79. The molecule has 0 aliphatic heterocycles. The van der Waals surface area contributed by atoms with Gasteiger partial charge in [-0.1, -0.05) is 55.8 Å². The summed E-state index contributed by atoms with van der Waals surface area (Å²) in [6, 6.07) is 6.98. The minimum absolute atomic E-state index is 0.512. The van der Waals surface area contributed by atoms with Crippen molar-refractivity contribution in [3.8, 4) is 0 Å². The second kappa shape index (κ2) is 7.93. The third-order valence-electron chi connectivity index (χ3n) is 2.54. The standard InChI is InChI=1S/C15H24BrNO/c1-11(2)9-18-10-14-6-5-13(7-15(14)16)8-17-12(3)4/h5-7,11-12,17H,8-10H2,1-4H3. The molecular weight excluding hydrogens is 290 g/mol. The van der Waals surface area contributed by atoms with E-state index >= 15 is 0 Å². The Morgan fingerprint density at radius 1 is 1.22 bits per heavy atom. The summed E-state index contributed by atoms with van der Waals surface area (Å²) >= 11 is 3.61. The highest BCUT2D eigenvalue weighted by Gasteiger charge is 2.03. The normalized spacial score (nSPS) is 11.5. The molecule has 102 valence electrons. The summed E-state index contributed by atoms with van der Waals surface area (Å²) in [4.78, 5) is 0. The fraction of sp³-hybridized carbons (Fsp3) is 0.600.